The molecule has 2 aromatic heterocycles. The first-order valence-electron chi connectivity index (χ1n) is 10.3. The summed E-state index contributed by atoms with van der Waals surface area (Å²) in [6, 6.07) is 22.3. The minimum atomic E-state index is -0.190. The first-order chi connectivity index (χ1) is 16.2. The molecule has 3 aromatic carbocycles. The van der Waals surface area contributed by atoms with Crippen LogP contribution in [0.3, 0.4) is 0 Å². The van der Waals surface area contributed by atoms with E-state index in [1.165, 1.54) is 6.33 Å². The summed E-state index contributed by atoms with van der Waals surface area (Å²) in [5.74, 6) is 1.20. The number of hydrogen-bond acceptors (Lipinski definition) is 6. The minimum absolute atomic E-state index is 0.190. The molecule has 8 heteroatoms. The number of imidazole rings is 1. The zero-order valence-electron chi connectivity index (χ0n) is 17.7. The molecule has 1 amide bonds. The number of H-pyrrole nitrogens is 1. The Labute approximate surface area is 189 Å². The number of benzene rings is 3. The standard InChI is InChI=1S/C25H20N6O2/c1-33-23-5-3-2-4-19(23)21-13-24(29-15-27-21)30-17-7-9-18(10-8-17)31-25(32)16-6-11-20-22(12-16)28-14-26-20/h2-15H,1H3,(H,26,28)(H,31,32)(H,27,29,30). The number of nitrogens with zero attached hydrogens (tertiary/aromatic N) is 3. The molecule has 0 saturated carbocycles. The van der Waals surface area contributed by atoms with Gasteiger partial charge >= 0.3 is 0 Å². The largest absolute Gasteiger partial charge is 0.496 e. The van der Waals surface area contributed by atoms with Gasteiger partial charge in [-0.1, -0.05) is 12.1 Å². The molecule has 5 rings (SSSR count). The molecule has 0 aliphatic carbocycles. The molecule has 0 aliphatic rings. The number of aromatic amines is 1. The van der Waals surface area contributed by atoms with Crippen molar-refractivity contribution in [3.63, 3.8) is 0 Å². The lowest BCUT2D eigenvalue weighted by Crippen LogP contribution is -2.11. The molecule has 2 heterocycles. The van der Waals surface area contributed by atoms with E-state index >= 15 is 0 Å². The first kappa shape index (κ1) is 20.2. The normalized spacial score (nSPS) is 10.7. The van der Waals surface area contributed by atoms with Gasteiger partial charge in [0.1, 0.15) is 17.9 Å². The Morgan fingerprint density at radius 3 is 2.58 bits per heavy atom. The van der Waals surface area contributed by atoms with Crippen molar-refractivity contribution in [2.45, 2.75) is 0 Å². The van der Waals surface area contributed by atoms with Gasteiger partial charge in [0.05, 0.1) is 30.2 Å². The number of para-hydroxylation sites is 1. The number of hydrogen-bond donors (Lipinski definition) is 3. The molecule has 0 atom stereocenters. The van der Waals surface area contributed by atoms with Crippen LogP contribution in [-0.4, -0.2) is 33.0 Å². The number of rotatable bonds is 6. The summed E-state index contributed by atoms with van der Waals surface area (Å²) in [6.07, 6.45) is 3.12. The van der Waals surface area contributed by atoms with Crippen LogP contribution in [0.15, 0.2) is 85.5 Å². The van der Waals surface area contributed by atoms with Crippen LogP contribution in [-0.2, 0) is 0 Å². The number of aromatic nitrogens is 4. The van der Waals surface area contributed by atoms with Crippen LogP contribution >= 0.6 is 0 Å². The smallest absolute Gasteiger partial charge is 0.255 e. The maximum Gasteiger partial charge on any atom is 0.255 e. The molecule has 33 heavy (non-hydrogen) atoms. The van der Waals surface area contributed by atoms with E-state index in [4.69, 9.17) is 4.74 Å². The fraction of sp³-hybridized carbons (Fsp3) is 0.0400. The number of nitrogens with one attached hydrogen (secondary N) is 3. The second-order valence-corrected chi connectivity index (χ2v) is 7.28. The quantitative estimate of drug-likeness (QED) is 0.345. The van der Waals surface area contributed by atoms with Gasteiger partial charge in [-0.15, -0.1) is 0 Å². The Kier molecular flexibility index (Phi) is 5.38. The van der Waals surface area contributed by atoms with Gasteiger partial charge < -0.3 is 20.4 Å². The summed E-state index contributed by atoms with van der Waals surface area (Å²) in [5, 5.41) is 6.17. The molecular weight excluding hydrogens is 416 g/mol. The third-order valence-corrected chi connectivity index (χ3v) is 5.15. The lowest BCUT2D eigenvalue weighted by Gasteiger charge is -2.10. The predicted octanol–water partition coefficient (Wildman–Crippen LogP) is 5.02. The number of carbonyl (C=O) groups excluding carboxylic acids is 1. The van der Waals surface area contributed by atoms with E-state index in [2.05, 4.69) is 30.6 Å². The highest BCUT2D eigenvalue weighted by Crippen LogP contribution is 2.29. The second kappa shape index (κ2) is 8.80. The Morgan fingerprint density at radius 2 is 1.73 bits per heavy atom. The fourth-order valence-electron chi connectivity index (χ4n) is 3.49. The lowest BCUT2D eigenvalue weighted by atomic mass is 10.1. The topological polar surface area (TPSA) is 105 Å². The van der Waals surface area contributed by atoms with Crippen molar-refractivity contribution >= 4 is 34.1 Å². The summed E-state index contributed by atoms with van der Waals surface area (Å²) in [5.41, 5.74) is 5.35. The number of fused-ring (bicyclic) bond motifs is 1. The minimum Gasteiger partial charge on any atom is -0.496 e. The van der Waals surface area contributed by atoms with Gasteiger partial charge in [-0.2, -0.15) is 0 Å². The molecule has 0 aliphatic heterocycles. The van der Waals surface area contributed by atoms with Crippen LogP contribution in [0.2, 0.25) is 0 Å². The van der Waals surface area contributed by atoms with Gasteiger partial charge in [0, 0.05) is 28.6 Å². The molecule has 0 bridgehead atoms. The van der Waals surface area contributed by atoms with Crippen LogP contribution in [0.25, 0.3) is 22.3 Å². The van der Waals surface area contributed by atoms with Gasteiger partial charge in [-0.3, -0.25) is 4.79 Å². The average molecular weight is 436 g/mol. The van der Waals surface area contributed by atoms with Gasteiger partial charge in [0.15, 0.2) is 0 Å². The Balaban J connectivity index is 1.28. The molecule has 0 radical (unpaired) electrons. The molecule has 8 nitrogen and oxygen atoms in total. The monoisotopic (exact) mass is 436 g/mol. The van der Waals surface area contributed by atoms with Crippen LogP contribution in [0.5, 0.6) is 5.75 Å². The fourth-order valence-corrected chi connectivity index (χ4v) is 3.49. The van der Waals surface area contributed by atoms with E-state index in [0.29, 0.717) is 17.1 Å². The van der Waals surface area contributed by atoms with Crippen molar-refractivity contribution in [3.8, 4) is 17.0 Å². The summed E-state index contributed by atoms with van der Waals surface area (Å²) >= 11 is 0. The van der Waals surface area contributed by atoms with Crippen LogP contribution in [0.4, 0.5) is 17.2 Å². The summed E-state index contributed by atoms with van der Waals surface area (Å²) in [4.78, 5) is 28.4. The van der Waals surface area contributed by atoms with E-state index in [0.717, 1.165) is 33.7 Å². The lowest BCUT2D eigenvalue weighted by molar-refractivity contribution is 0.102. The summed E-state index contributed by atoms with van der Waals surface area (Å²) in [7, 11) is 1.63. The molecule has 0 spiro atoms. The molecule has 162 valence electrons. The molecule has 3 N–H and O–H groups in total. The second-order valence-electron chi connectivity index (χ2n) is 7.28. The highest BCUT2D eigenvalue weighted by Gasteiger charge is 2.10. The number of carbonyl (C=O) groups is 1. The SMILES string of the molecule is COc1ccccc1-c1cc(Nc2ccc(NC(=O)c3ccc4nc[nH]c4c3)cc2)ncn1. The zero-order chi connectivity index (χ0) is 22.6. The van der Waals surface area contributed by atoms with Gasteiger partial charge in [-0.25, -0.2) is 15.0 Å². The number of ether oxygens (including phenoxy) is 1. The van der Waals surface area contributed by atoms with Crippen molar-refractivity contribution in [3.05, 3.63) is 91.0 Å². The molecular formula is C25H20N6O2. The third kappa shape index (κ3) is 4.35. The summed E-state index contributed by atoms with van der Waals surface area (Å²) < 4.78 is 5.43. The van der Waals surface area contributed by atoms with Crippen molar-refractivity contribution in [2.75, 3.05) is 17.7 Å². The number of amides is 1. The van der Waals surface area contributed by atoms with E-state index in [9.17, 15) is 4.79 Å². The predicted molar refractivity (Wildman–Crippen MR) is 128 cm³/mol. The third-order valence-electron chi connectivity index (χ3n) is 5.15. The molecule has 0 fully saturated rings. The Bertz CT molecular complexity index is 1430. The van der Waals surface area contributed by atoms with E-state index in [1.54, 1.807) is 25.6 Å². The van der Waals surface area contributed by atoms with Crippen LogP contribution in [0, 0.1) is 0 Å². The molecule has 0 saturated heterocycles. The molecule has 0 unspecified atom stereocenters. The summed E-state index contributed by atoms with van der Waals surface area (Å²) in [6.45, 7) is 0. The van der Waals surface area contributed by atoms with Crippen molar-refractivity contribution in [1.29, 1.82) is 0 Å². The van der Waals surface area contributed by atoms with Crippen molar-refractivity contribution < 1.29 is 9.53 Å². The Morgan fingerprint density at radius 1 is 0.909 bits per heavy atom. The van der Waals surface area contributed by atoms with Gasteiger partial charge in [0.2, 0.25) is 0 Å². The van der Waals surface area contributed by atoms with Gasteiger partial charge in [-0.05, 0) is 54.6 Å². The van der Waals surface area contributed by atoms with Crippen LogP contribution in [0.1, 0.15) is 10.4 Å². The van der Waals surface area contributed by atoms with E-state index < -0.39 is 0 Å². The first-order valence-corrected chi connectivity index (χ1v) is 10.3. The highest BCUT2D eigenvalue weighted by atomic mass is 16.5. The van der Waals surface area contributed by atoms with Crippen LogP contribution < -0.4 is 15.4 Å². The van der Waals surface area contributed by atoms with E-state index in [1.807, 2.05) is 60.7 Å². The van der Waals surface area contributed by atoms with Crippen molar-refractivity contribution in [2.24, 2.45) is 0 Å². The zero-order valence-corrected chi connectivity index (χ0v) is 17.7. The number of methoxy groups -OCH3 is 1. The highest BCUT2D eigenvalue weighted by molar-refractivity contribution is 6.06. The van der Waals surface area contributed by atoms with Gasteiger partial charge in [0.25, 0.3) is 5.91 Å². The maximum atomic E-state index is 12.6. The van der Waals surface area contributed by atoms with E-state index in [-0.39, 0.29) is 5.91 Å². The maximum absolute atomic E-state index is 12.6. The molecule has 5 aromatic rings. The van der Waals surface area contributed by atoms with Crippen molar-refractivity contribution in [1.82, 2.24) is 19.9 Å². The average Bonchev–Trinajstić information content (AvgIpc) is 3.33. The number of anilines is 3. The Hall–Kier alpha value is -4.72.